The van der Waals surface area contributed by atoms with E-state index in [1.54, 1.807) is 12.1 Å². The Labute approximate surface area is 118 Å². The number of aromatic nitrogens is 1. The number of hydrazine groups is 1. The van der Waals surface area contributed by atoms with Crippen LogP contribution in [-0.4, -0.2) is 28.9 Å². The predicted molar refractivity (Wildman–Crippen MR) is 75.9 cm³/mol. The van der Waals surface area contributed by atoms with E-state index in [-0.39, 0.29) is 11.1 Å². The van der Waals surface area contributed by atoms with Crippen molar-refractivity contribution in [3.8, 4) is 0 Å². The molecule has 0 saturated carbocycles. The van der Waals surface area contributed by atoms with E-state index >= 15 is 0 Å². The van der Waals surface area contributed by atoms with Crippen LogP contribution in [0.15, 0.2) is 12.1 Å². The number of hydrogen-bond donors (Lipinski definition) is 2. The van der Waals surface area contributed by atoms with Gasteiger partial charge >= 0.3 is 0 Å². The largest absolute Gasteiger partial charge is 0.338 e. The number of nitrogens with two attached hydrogens (primary N) is 1. The van der Waals surface area contributed by atoms with Gasteiger partial charge in [0.2, 0.25) is 0 Å². The normalized spacial score (nSPS) is 23.3. The number of piperidine rings is 1. The Hall–Kier alpha value is -1.33. The van der Waals surface area contributed by atoms with Gasteiger partial charge in [-0.3, -0.25) is 4.79 Å². The second-order valence-corrected chi connectivity index (χ2v) is 5.59. The maximum atomic E-state index is 12.4. The van der Waals surface area contributed by atoms with Crippen LogP contribution in [0.2, 0.25) is 5.15 Å². The van der Waals surface area contributed by atoms with Gasteiger partial charge < -0.3 is 10.3 Å². The van der Waals surface area contributed by atoms with Crippen molar-refractivity contribution in [1.82, 2.24) is 9.88 Å². The molecular weight excluding hydrogens is 264 g/mol. The van der Waals surface area contributed by atoms with Crippen molar-refractivity contribution in [3.05, 3.63) is 22.8 Å². The molecule has 0 aromatic carbocycles. The number of halogens is 1. The summed E-state index contributed by atoms with van der Waals surface area (Å²) in [6.07, 6.45) is 1.04. The highest BCUT2D eigenvalue weighted by Crippen LogP contribution is 2.24. The number of nitrogens with zero attached hydrogens (tertiary/aromatic N) is 2. The lowest BCUT2D eigenvalue weighted by atomic mass is 9.88. The smallest absolute Gasteiger partial charge is 0.254 e. The molecule has 1 aromatic rings. The lowest BCUT2D eigenvalue weighted by molar-refractivity contribution is 0.0627. The number of carbonyl (C=O) groups is 1. The zero-order valence-corrected chi connectivity index (χ0v) is 11.9. The van der Waals surface area contributed by atoms with Gasteiger partial charge in [-0.05, 0) is 30.4 Å². The average molecular weight is 283 g/mol. The second kappa shape index (κ2) is 5.75. The maximum Gasteiger partial charge on any atom is 0.254 e. The fourth-order valence-electron chi connectivity index (χ4n) is 2.32. The molecule has 1 aromatic heterocycles. The van der Waals surface area contributed by atoms with Crippen LogP contribution in [0.1, 0.15) is 30.6 Å². The molecule has 0 bridgehead atoms. The Balaban J connectivity index is 2.17. The molecule has 5 nitrogen and oxygen atoms in total. The molecule has 104 valence electrons. The third-order valence-electron chi connectivity index (χ3n) is 3.81. The molecule has 2 atom stereocenters. The van der Waals surface area contributed by atoms with Gasteiger partial charge in [0, 0.05) is 18.7 Å². The molecule has 6 heteroatoms. The lowest BCUT2D eigenvalue weighted by Crippen LogP contribution is -2.42. The van der Waals surface area contributed by atoms with Crippen LogP contribution < -0.4 is 11.3 Å². The number of hydrogen-bond acceptors (Lipinski definition) is 4. The van der Waals surface area contributed by atoms with E-state index < -0.39 is 0 Å². The molecular formula is C13H19ClN4O. The van der Waals surface area contributed by atoms with Gasteiger partial charge in [0.25, 0.3) is 5.91 Å². The van der Waals surface area contributed by atoms with E-state index in [1.165, 1.54) is 0 Å². The highest BCUT2D eigenvalue weighted by atomic mass is 35.5. The van der Waals surface area contributed by atoms with Crippen molar-refractivity contribution in [2.75, 3.05) is 18.5 Å². The Morgan fingerprint density at radius 2 is 2.21 bits per heavy atom. The van der Waals surface area contributed by atoms with Crippen LogP contribution in [0.4, 0.5) is 5.82 Å². The van der Waals surface area contributed by atoms with Crippen molar-refractivity contribution in [2.45, 2.75) is 20.3 Å². The molecule has 1 amide bonds. The first-order valence-electron chi connectivity index (χ1n) is 6.44. The van der Waals surface area contributed by atoms with Crippen LogP contribution in [-0.2, 0) is 0 Å². The molecule has 3 N–H and O–H groups in total. The minimum Gasteiger partial charge on any atom is -0.338 e. The van der Waals surface area contributed by atoms with E-state index in [9.17, 15) is 4.79 Å². The number of amides is 1. The van der Waals surface area contributed by atoms with Crippen LogP contribution in [0.3, 0.4) is 0 Å². The van der Waals surface area contributed by atoms with Crippen molar-refractivity contribution in [1.29, 1.82) is 0 Å². The number of rotatable bonds is 2. The number of anilines is 1. The highest BCUT2D eigenvalue weighted by Gasteiger charge is 2.26. The van der Waals surface area contributed by atoms with Gasteiger partial charge in [0.1, 0.15) is 11.0 Å². The van der Waals surface area contributed by atoms with Gasteiger partial charge in [0.05, 0.1) is 0 Å². The van der Waals surface area contributed by atoms with Gasteiger partial charge in [-0.25, -0.2) is 10.8 Å². The van der Waals surface area contributed by atoms with Gasteiger partial charge in [-0.2, -0.15) is 0 Å². The summed E-state index contributed by atoms with van der Waals surface area (Å²) in [4.78, 5) is 18.3. The number of carbonyl (C=O) groups excluding carboxylic acids is 1. The van der Waals surface area contributed by atoms with Crippen molar-refractivity contribution in [3.63, 3.8) is 0 Å². The van der Waals surface area contributed by atoms with Crippen LogP contribution in [0, 0.1) is 11.8 Å². The zero-order valence-electron chi connectivity index (χ0n) is 11.2. The average Bonchev–Trinajstić information content (AvgIpc) is 2.40. The standard InChI is InChI=1S/C13H19ClN4O/c1-8-3-4-18(7-9(8)2)13(19)10-5-11(14)16-12(6-10)17-15/h5-6,8-9H,3-4,7,15H2,1-2H3,(H,16,17). The molecule has 2 unspecified atom stereocenters. The molecule has 2 rings (SSSR count). The summed E-state index contributed by atoms with van der Waals surface area (Å²) in [6, 6.07) is 3.20. The van der Waals surface area contributed by atoms with E-state index in [4.69, 9.17) is 17.4 Å². The molecule has 0 radical (unpaired) electrons. The quantitative estimate of drug-likeness (QED) is 0.495. The first-order chi connectivity index (χ1) is 9.01. The molecule has 1 aliphatic heterocycles. The van der Waals surface area contributed by atoms with E-state index in [1.807, 2.05) is 4.90 Å². The summed E-state index contributed by atoms with van der Waals surface area (Å²) < 4.78 is 0. The molecule has 0 aliphatic carbocycles. The summed E-state index contributed by atoms with van der Waals surface area (Å²) in [6.45, 7) is 5.98. The molecule has 2 heterocycles. The van der Waals surface area contributed by atoms with E-state index in [0.29, 0.717) is 23.2 Å². The van der Waals surface area contributed by atoms with E-state index in [0.717, 1.165) is 19.5 Å². The number of nitrogens with one attached hydrogen (secondary N) is 1. The van der Waals surface area contributed by atoms with Crippen LogP contribution >= 0.6 is 11.6 Å². The Bertz CT molecular complexity index is 480. The highest BCUT2D eigenvalue weighted by molar-refractivity contribution is 6.29. The summed E-state index contributed by atoms with van der Waals surface area (Å²) >= 11 is 5.89. The predicted octanol–water partition coefficient (Wildman–Crippen LogP) is 2.14. The van der Waals surface area contributed by atoms with Crippen molar-refractivity contribution < 1.29 is 4.79 Å². The Kier molecular flexibility index (Phi) is 4.27. The SMILES string of the molecule is CC1CCN(C(=O)c2cc(Cl)nc(NN)c2)CC1C. The first kappa shape index (κ1) is 14.1. The van der Waals surface area contributed by atoms with Crippen molar-refractivity contribution in [2.24, 2.45) is 17.7 Å². The van der Waals surface area contributed by atoms with Gasteiger partial charge in [0.15, 0.2) is 0 Å². The minimum atomic E-state index is -0.0143. The van der Waals surface area contributed by atoms with Crippen molar-refractivity contribution >= 4 is 23.3 Å². The Morgan fingerprint density at radius 3 is 2.84 bits per heavy atom. The Morgan fingerprint density at radius 1 is 1.47 bits per heavy atom. The molecule has 0 spiro atoms. The second-order valence-electron chi connectivity index (χ2n) is 5.20. The van der Waals surface area contributed by atoms with Crippen LogP contribution in [0.25, 0.3) is 0 Å². The zero-order chi connectivity index (χ0) is 14.0. The van der Waals surface area contributed by atoms with Gasteiger partial charge in [-0.1, -0.05) is 25.4 Å². The lowest BCUT2D eigenvalue weighted by Gasteiger charge is -2.35. The molecule has 1 fully saturated rings. The summed E-state index contributed by atoms with van der Waals surface area (Å²) in [5.74, 6) is 6.87. The summed E-state index contributed by atoms with van der Waals surface area (Å²) in [7, 11) is 0. The third kappa shape index (κ3) is 3.16. The topological polar surface area (TPSA) is 71.2 Å². The fourth-order valence-corrected chi connectivity index (χ4v) is 2.53. The number of pyridine rings is 1. The van der Waals surface area contributed by atoms with Gasteiger partial charge in [-0.15, -0.1) is 0 Å². The summed E-state index contributed by atoms with van der Waals surface area (Å²) in [5, 5.41) is 0.261. The van der Waals surface area contributed by atoms with E-state index in [2.05, 4.69) is 24.3 Å². The summed E-state index contributed by atoms with van der Waals surface area (Å²) in [5.41, 5.74) is 2.94. The number of nitrogen functional groups attached to an aromatic ring is 1. The first-order valence-corrected chi connectivity index (χ1v) is 6.82. The molecule has 1 saturated heterocycles. The molecule has 1 aliphatic rings. The monoisotopic (exact) mass is 282 g/mol. The van der Waals surface area contributed by atoms with Crippen LogP contribution in [0.5, 0.6) is 0 Å². The minimum absolute atomic E-state index is 0.0143. The fraction of sp³-hybridized carbons (Fsp3) is 0.538. The molecule has 19 heavy (non-hydrogen) atoms. The maximum absolute atomic E-state index is 12.4. The number of likely N-dealkylation sites (tertiary alicyclic amines) is 1. The third-order valence-corrected chi connectivity index (χ3v) is 4.00.